The highest BCUT2D eigenvalue weighted by molar-refractivity contribution is 7.16. The number of nitrogens with one attached hydrogen (secondary N) is 1. The number of hydrogen-bond acceptors (Lipinski definition) is 3. The number of amides is 1. The lowest BCUT2D eigenvalue weighted by Gasteiger charge is -2.10. The fourth-order valence-corrected chi connectivity index (χ4v) is 2.65. The van der Waals surface area contributed by atoms with Crippen molar-refractivity contribution in [3.05, 3.63) is 45.0 Å². The van der Waals surface area contributed by atoms with Crippen molar-refractivity contribution in [3.63, 3.8) is 0 Å². The van der Waals surface area contributed by atoms with Gasteiger partial charge in [-0.15, -0.1) is 11.3 Å². The Morgan fingerprint density at radius 1 is 1.44 bits per heavy atom. The lowest BCUT2D eigenvalue weighted by molar-refractivity contribution is 0.0911. The van der Waals surface area contributed by atoms with Crippen LogP contribution in [0.1, 0.15) is 41.1 Å². The Morgan fingerprint density at radius 2 is 2.22 bits per heavy atom. The summed E-state index contributed by atoms with van der Waals surface area (Å²) in [7, 11) is 0. The number of halogens is 1. The standard InChI is InChI=1S/C13H14ClNO2S/c1-3-9-4-5-10(17-9)13(16)15-8(2)11-6-7-12(14)18-11/h4-8H,3H2,1-2H3,(H,15,16)/t8-/m0/s1. The van der Waals surface area contributed by atoms with Gasteiger partial charge in [-0.3, -0.25) is 4.79 Å². The predicted octanol–water partition coefficient (Wildman–Crippen LogP) is 4.05. The summed E-state index contributed by atoms with van der Waals surface area (Å²) < 4.78 is 6.12. The third-order valence-corrected chi connectivity index (χ3v) is 4.02. The second-order valence-electron chi connectivity index (χ2n) is 3.96. The Hall–Kier alpha value is -1.26. The van der Waals surface area contributed by atoms with Crippen molar-refractivity contribution >= 4 is 28.8 Å². The molecule has 0 bridgehead atoms. The highest BCUT2D eigenvalue weighted by atomic mass is 35.5. The zero-order valence-electron chi connectivity index (χ0n) is 10.2. The Bertz CT molecular complexity index is 547. The molecule has 1 amide bonds. The molecule has 0 radical (unpaired) electrons. The Kier molecular flexibility index (Phi) is 4.09. The lowest BCUT2D eigenvalue weighted by Crippen LogP contribution is -2.25. The van der Waals surface area contributed by atoms with Crippen LogP contribution >= 0.6 is 22.9 Å². The first-order chi connectivity index (χ1) is 8.60. The maximum absolute atomic E-state index is 11.9. The molecular formula is C13H14ClNO2S. The molecule has 3 nitrogen and oxygen atoms in total. The molecule has 1 atom stereocenters. The van der Waals surface area contributed by atoms with Crippen LogP contribution in [0, 0.1) is 0 Å². The first kappa shape index (κ1) is 13.2. The van der Waals surface area contributed by atoms with E-state index in [-0.39, 0.29) is 11.9 Å². The van der Waals surface area contributed by atoms with Crippen molar-refractivity contribution in [2.75, 3.05) is 0 Å². The Morgan fingerprint density at radius 3 is 2.78 bits per heavy atom. The first-order valence-electron chi connectivity index (χ1n) is 5.75. The smallest absolute Gasteiger partial charge is 0.287 e. The quantitative estimate of drug-likeness (QED) is 0.920. The van der Waals surface area contributed by atoms with E-state index in [4.69, 9.17) is 16.0 Å². The van der Waals surface area contributed by atoms with E-state index in [0.717, 1.165) is 21.4 Å². The molecule has 0 unspecified atom stereocenters. The minimum absolute atomic E-state index is 0.0785. The summed E-state index contributed by atoms with van der Waals surface area (Å²) in [4.78, 5) is 13.0. The molecule has 2 aromatic rings. The molecule has 0 aliphatic carbocycles. The van der Waals surface area contributed by atoms with Crippen LogP contribution in [-0.2, 0) is 6.42 Å². The second-order valence-corrected chi connectivity index (χ2v) is 5.70. The summed E-state index contributed by atoms with van der Waals surface area (Å²) in [5.41, 5.74) is 0. The SMILES string of the molecule is CCc1ccc(C(=O)N[C@@H](C)c2ccc(Cl)s2)o1. The molecule has 2 rings (SSSR count). The van der Waals surface area contributed by atoms with Crippen molar-refractivity contribution in [1.82, 2.24) is 5.32 Å². The summed E-state index contributed by atoms with van der Waals surface area (Å²) in [6, 6.07) is 7.18. The highest BCUT2D eigenvalue weighted by Crippen LogP contribution is 2.26. The maximum atomic E-state index is 11.9. The largest absolute Gasteiger partial charge is 0.456 e. The maximum Gasteiger partial charge on any atom is 0.287 e. The van der Waals surface area contributed by atoms with Gasteiger partial charge >= 0.3 is 0 Å². The number of furan rings is 1. The number of carbonyl (C=O) groups excluding carboxylic acids is 1. The van der Waals surface area contributed by atoms with Gasteiger partial charge in [0.05, 0.1) is 10.4 Å². The van der Waals surface area contributed by atoms with Crippen LogP contribution < -0.4 is 5.32 Å². The van der Waals surface area contributed by atoms with Crippen LogP contribution in [0.25, 0.3) is 0 Å². The lowest BCUT2D eigenvalue weighted by atomic mass is 10.2. The van der Waals surface area contributed by atoms with Crippen LogP contribution in [0.2, 0.25) is 4.34 Å². The highest BCUT2D eigenvalue weighted by Gasteiger charge is 2.15. The van der Waals surface area contributed by atoms with E-state index in [1.165, 1.54) is 11.3 Å². The summed E-state index contributed by atoms with van der Waals surface area (Å²) in [6.45, 7) is 3.90. The number of carbonyl (C=O) groups is 1. The van der Waals surface area contributed by atoms with Crippen molar-refractivity contribution in [2.24, 2.45) is 0 Å². The minimum Gasteiger partial charge on any atom is -0.456 e. The summed E-state index contributed by atoms with van der Waals surface area (Å²) >= 11 is 7.33. The molecule has 0 saturated carbocycles. The van der Waals surface area contributed by atoms with Crippen LogP contribution in [0.4, 0.5) is 0 Å². The van der Waals surface area contributed by atoms with Crippen LogP contribution in [0.15, 0.2) is 28.7 Å². The monoisotopic (exact) mass is 283 g/mol. The van der Waals surface area contributed by atoms with Gasteiger partial charge in [0.2, 0.25) is 0 Å². The second kappa shape index (κ2) is 5.59. The fraction of sp³-hybridized carbons (Fsp3) is 0.308. The molecule has 2 aromatic heterocycles. The van der Waals surface area contributed by atoms with Crippen LogP contribution in [0.5, 0.6) is 0 Å². The fourth-order valence-electron chi connectivity index (χ4n) is 1.59. The predicted molar refractivity (Wildman–Crippen MR) is 73.3 cm³/mol. The van der Waals surface area contributed by atoms with E-state index in [9.17, 15) is 4.79 Å². The summed E-state index contributed by atoms with van der Waals surface area (Å²) in [6.07, 6.45) is 0.781. The molecule has 0 aliphatic heterocycles. The van der Waals surface area contributed by atoms with E-state index in [1.54, 1.807) is 6.07 Å². The minimum atomic E-state index is -0.202. The Balaban J connectivity index is 2.02. The van der Waals surface area contributed by atoms with Crippen molar-refractivity contribution in [2.45, 2.75) is 26.3 Å². The van der Waals surface area contributed by atoms with E-state index in [1.807, 2.05) is 32.0 Å². The van der Waals surface area contributed by atoms with E-state index in [2.05, 4.69) is 5.32 Å². The van der Waals surface area contributed by atoms with Gasteiger partial charge in [0.15, 0.2) is 5.76 Å². The molecule has 0 fully saturated rings. The van der Waals surface area contributed by atoms with E-state index < -0.39 is 0 Å². The molecular weight excluding hydrogens is 270 g/mol. The van der Waals surface area contributed by atoms with Crippen molar-refractivity contribution in [3.8, 4) is 0 Å². The average Bonchev–Trinajstić information content (AvgIpc) is 2.97. The van der Waals surface area contributed by atoms with Gasteiger partial charge in [0.1, 0.15) is 5.76 Å². The molecule has 18 heavy (non-hydrogen) atoms. The summed E-state index contributed by atoms with van der Waals surface area (Å²) in [5.74, 6) is 0.958. The molecule has 0 saturated heterocycles. The topological polar surface area (TPSA) is 42.2 Å². The molecule has 0 spiro atoms. The molecule has 5 heteroatoms. The van der Waals surface area contributed by atoms with Crippen molar-refractivity contribution in [1.29, 1.82) is 0 Å². The molecule has 0 aromatic carbocycles. The van der Waals surface area contributed by atoms with E-state index in [0.29, 0.717) is 5.76 Å². The van der Waals surface area contributed by atoms with Gasteiger partial charge in [-0.05, 0) is 31.2 Å². The van der Waals surface area contributed by atoms with Gasteiger partial charge in [0, 0.05) is 11.3 Å². The van der Waals surface area contributed by atoms with Crippen LogP contribution in [-0.4, -0.2) is 5.91 Å². The third-order valence-electron chi connectivity index (χ3n) is 2.60. The number of rotatable bonds is 4. The van der Waals surface area contributed by atoms with Crippen LogP contribution in [0.3, 0.4) is 0 Å². The van der Waals surface area contributed by atoms with E-state index >= 15 is 0 Å². The molecule has 96 valence electrons. The van der Waals surface area contributed by atoms with Gasteiger partial charge < -0.3 is 9.73 Å². The molecule has 0 aliphatic rings. The number of aryl methyl sites for hydroxylation is 1. The third kappa shape index (κ3) is 2.94. The zero-order valence-corrected chi connectivity index (χ0v) is 11.8. The van der Waals surface area contributed by atoms with Gasteiger partial charge in [-0.25, -0.2) is 0 Å². The normalized spacial score (nSPS) is 12.4. The van der Waals surface area contributed by atoms with Gasteiger partial charge in [0.25, 0.3) is 5.91 Å². The summed E-state index contributed by atoms with van der Waals surface area (Å²) in [5, 5.41) is 2.88. The first-order valence-corrected chi connectivity index (χ1v) is 6.94. The van der Waals surface area contributed by atoms with Gasteiger partial charge in [-0.2, -0.15) is 0 Å². The average molecular weight is 284 g/mol. The van der Waals surface area contributed by atoms with Crippen molar-refractivity contribution < 1.29 is 9.21 Å². The zero-order chi connectivity index (χ0) is 13.1. The number of thiophene rings is 1. The Labute approximate surface area is 115 Å². The molecule has 1 N–H and O–H groups in total. The van der Waals surface area contributed by atoms with Gasteiger partial charge in [-0.1, -0.05) is 18.5 Å². The number of hydrogen-bond donors (Lipinski definition) is 1. The molecule has 2 heterocycles.